The number of ether oxygens (including phenoxy) is 1. The minimum Gasteiger partial charge on any atom is -0.465 e. The SMILES string of the molecule is CN1C[C@H](Nc2cnn(C)c(=O)c2Br)C[C@H](c2ccc(CNc3ccc4c(c3)C(=O)N(C3CCC(=O)N(C(=O)OC(C)(C)C)C3=O)C4=O)cc2)C1.O=C1CCCN(C(=O)O)C1=O. The molecule has 0 radical (unpaired) electrons. The fourth-order valence-corrected chi connectivity index (χ4v) is 8.18. The van der Waals surface area contributed by atoms with Gasteiger partial charge in [0, 0.05) is 57.8 Å². The van der Waals surface area contributed by atoms with Gasteiger partial charge in [0.1, 0.15) is 16.1 Å². The van der Waals surface area contributed by atoms with Crippen molar-refractivity contribution in [1.29, 1.82) is 0 Å². The van der Waals surface area contributed by atoms with Crippen molar-refractivity contribution in [3.05, 3.63) is 85.7 Å². The molecule has 7 amide bonds. The van der Waals surface area contributed by atoms with Gasteiger partial charge >= 0.3 is 12.2 Å². The molecule has 2 aromatic carbocycles. The van der Waals surface area contributed by atoms with E-state index in [1.54, 1.807) is 46.1 Å². The van der Waals surface area contributed by atoms with Crippen LogP contribution in [0.4, 0.5) is 21.0 Å². The lowest BCUT2D eigenvalue weighted by Crippen LogP contribution is -2.58. The van der Waals surface area contributed by atoms with Crippen LogP contribution in [0.3, 0.4) is 0 Å². The van der Waals surface area contributed by atoms with Gasteiger partial charge in [-0.25, -0.2) is 19.2 Å². The lowest BCUT2D eigenvalue weighted by Gasteiger charge is -2.37. The van der Waals surface area contributed by atoms with Gasteiger partial charge in [0.25, 0.3) is 29.2 Å². The molecule has 328 valence electrons. The summed E-state index contributed by atoms with van der Waals surface area (Å²) in [6.45, 7) is 7.13. The Hall–Kier alpha value is -6.28. The van der Waals surface area contributed by atoms with Crippen LogP contribution in [-0.4, -0.2) is 126 Å². The summed E-state index contributed by atoms with van der Waals surface area (Å²) in [6, 6.07) is 12.0. The summed E-state index contributed by atoms with van der Waals surface area (Å²) in [5.41, 5.74) is 2.62. The van der Waals surface area contributed by atoms with Crippen LogP contribution in [0, 0.1) is 0 Å². The van der Waals surface area contributed by atoms with Crippen molar-refractivity contribution < 1.29 is 48.2 Å². The van der Waals surface area contributed by atoms with Crippen molar-refractivity contribution >= 4 is 74.8 Å². The molecule has 3 atom stereocenters. The number of anilines is 2. The first-order chi connectivity index (χ1) is 29.2. The number of amides is 7. The lowest BCUT2D eigenvalue weighted by atomic mass is 9.87. The number of fused-ring (bicyclic) bond motifs is 1. The molecular formula is C42H47BrN8O11. The van der Waals surface area contributed by atoms with Crippen molar-refractivity contribution in [2.24, 2.45) is 7.05 Å². The molecule has 19 nitrogen and oxygen atoms in total. The van der Waals surface area contributed by atoms with E-state index in [9.17, 15) is 43.2 Å². The highest BCUT2D eigenvalue weighted by molar-refractivity contribution is 9.10. The fraction of sp³-hybridized carbons (Fsp3) is 0.429. The molecule has 0 aliphatic carbocycles. The first-order valence-electron chi connectivity index (χ1n) is 19.9. The maximum absolute atomic E-state index is 13.5. The van der Waals surface area contributed by atoms with E-state index in [-0.39, 0.29) is 54.5 Å². The summed E-state index contributed by atoms with van der Waals surface area (Å²) in [6.07, 6.45) is 0.391. The minimum absolute atomic E-state index is 0.0820. The second kappa shape index (κ2) is 18.4. The Kier molecular flexibility index (Phi) is 13.4. The summed E-state index contributed by atoms with van der Waals surface area (Å²) in [7, 11) is 3.69. The van der Waals surface area contributed by atoms with Gasteiger partial charge in [-0.3, -0.25) is 38.5 Å². The number of ketones is 1. The van der Waals surface area contributed by atoms with E-state index >= 15 is 0 Å². The number of imide groups is 5. The van der Waals surface area contributed by atoms with Crippen molar-refractivity contribution in [2.45, 2.75) is 83.0 Å². The van der Waals surface area contributed by atoms with Crippen molar-refractivity contribution in [1.82, 2.24) is 29.4 Å². The molecule has 5 heterocycles. The summed E-state index contributed by atoms with van der Waals surface area (Å²) in [4.78, 5) is 113. The van der Waals surface area contributed by atoms with Crippen LogP contribution in [0.5, 0.6) is 0 Å². The molecule has 3 fully saturated rings. The van der Waals surface area contributed by atoms with E-state index in [1.165, 1.54) is 16.3 Å². The molecule has 62 heavy (non-hydrogen) atoms. The second-order valence-electron chi connectivity index (χ2n) is 16.5. The van der Waals surface area contributed by atoms with Gasteiger partial charge in [0.05, 0.1) is 23.0 Å². The molecule has 4 aliphatic rings. The van der Waals surface area contributed by atoms with Gasteiger partial charge < -0.3 is 25.4 Å². The van der Waals surface area contributed by atoms with Crippen LogP contribution in [0.2, 0.25) is 0 Å². The maximum atomic E-state index is 13.5. The topological polar surface area (TPSA) is 238 Å². The third-order valence-corrected chi connectivity index (χ3v) is 11.5. The Morgan fingerprint density at radius 2 is 1.61 bits per heavy atom. The second-order valence-corrected chi connectivity index (χ2v) is 17.3. The van der Waals surface area contributed by atoms with Gasteiger partial charge in [-0.05, 0) is 98.3 Å². The van der Waals surface area contributed by atoms with Gasteiger partial charge in [-0.1, -0.05) is 24.3 Å². The van der Waals surface area contributed by atoms with Crippen LogP contribution in [-0.2, 0) is 37.5 Å². The average molecular weight is 920 g/mol. The highest BCUT2D eigenvalue weighted by Crippen LogP contribution is 2.33. The van der Waals surface area contributed by atoms with Crippen LogP contribution in [0.25, 0.3) is 0 Å². The zero-order valence-corrected chi connectivity index (χ0v) is 36.4. The maximum Gasteiger partial charge on any atom is 0.424 e. The number of carbonyl (C=O) groups is 8. The van der Waals surface area contributed by atoms with E-state index < -0.39 is 59.1 Å². The molecule has 1 aromatic heterocycles. The number of benzene rings is 2. The number of Topliss-reactive ketones (excluding diaryl/α,β-unsaturated/α-hetero) is 1. The molecule has 3 N–H and O–H groups in total. The number of nitrogens with zero attached hydrogens (tertiary/aromatic N) is 6. The quantitative estimate of drug-likeness (QED) is 0.225. The predicted molar refractivity (Wildman–Crippen MR) is 225 cm³/mol. The van der Waals surface area contributed by atoms with E-state index in [4.69, 9.17) is 9.84 Å². The van der Waals surface area contributed by atoms with Gasteiger partial charge in [-0.15, -0.1) is 0 Å². The Morgan fingerprint density at radius 1 is 0.919 bits per heavy atom. The summed E-state index contributed by atoms with van der Waals surface area (Å²) in [5.74, 6) is -4.26. The number of halogens is 1. The highest BCUT2D eigenvalue weighted by atomic mass is 79.9. The van der Waals surface area contributed by atoms with Gasteiger partial charge in [0.15, 0.2) is 0 Å². The molecule has 3 saturated heterocycles. The number of likely N-dealkylation sites (N-methyl/N-ethyl adjacent to an activating group) is 1. The van der Waals surface area contributed by atoms with Crippen LogP contribution < -0.4 is 16.2 Å². The Labute approximate surface area is 364 Å². The lowest BCUT2D eigenvalue weighted by molar-refractivity contribution is -0.150. The number of carbonyl (C=O) groups excluding carboxylic acids is 7. The van der Waals surface area contributed by atoms with Crippen molar-refractivity contribution in [3.63, 3.8) is 0 Å². The number of carboxylic acid groups (broad SMARTS) is 1. The Balaban J connectivity index is 0.000000508. The van der Waals surface area contributed by atoms with Crippen LogP contribution >= 0.6 is 15.9 Å². The van der Waals surface area contributed by atoms with Crippen molar-refractivity contribution in [3.8, 4) is 0 Å². The minimum atomic E-state index is -1.34. The zero-order valence-electron chi connectivity index (χ0n) is 34.8. The Bertz CT molecular complexity index is 2400. The summed E-state index contributed by atoms with van der Waals surface area (Å²) < 4.78 is 6.98. The molecule has 3 aromatic rings. The number of hydrogen-bond donors (Lipinski definition) is 3. The molecule has 7 rings (SSSR count). The van der Waals surface area contributed by atoms with E-state index in [2.05, 4.69) is 67.9 Å². The summed E-state index contributed by atoms with van der Waals surface area (Å²) in [5, 5.41) is 19.3. The van der Waals surface area contributed by atoms with Gasteiger partial charge in [0.2, 0.25) is 11.7 Å². The van der Waals surface area contributed by atoms with E-state index in [0.29, 0.717) is 38.6 Å². The third-order valence-electron chi connectivity index (χ3n) is 10.7. The van der Waals surface area contributed by atoms with E-state index in [0.717, 1.165) is 30.0 Å². The predicted octanol–water partition coefficient (Wildman–Crippen LogP) is 3.96. The first-order valence-corrected chi connectivity index (χ1v) is 20.7. The van der Waals surface area contributed by atoms with Gasteiger partial charge in [-0.2, -0.15) is 10.00 Å². The van der Waals surface area contributed by atoms with Crippen LogP contribution in [0.1, 0.15) is 90.6 Å². The number of nitrogens with one attached hydrogen (secondary N) is 2. The molecular weight excluding hydrogens is 872 g/mol. The molecule has 1 unspecified atom stereocenters. The number of piperidine rings is 3. The number of aryl methyl sites for hydroxylation is 1. The molecule has 0 saturated carbocycles. The molecule has 0 spiro atoms. The third kappa shape index (κ3) is 9.91. The number of likely N-dealkylation sites (tertiary alicyclic amines) is 3. The average Bonchev–Trinajstić information content (AvgIpc) is 3.45. The molecule has 0 bridgehead atoms. The summed E-state index contributed by atoms with van der Waals surface area (Å²) >= 11 is 3.40. The zero-order chi connectivity index (χ0) is 45.2. The standard InChI is InChI=1S/C36H40BrN7O7.C6H7NO4/c1-36(2,3)51-35(50)44-29(45)13-12-28(33(44)48)43-31(46)25-11-10-23(15-26(25)32(43)47)38-16-20-6-8-21(9-7-20)22-14-24(19-41(4)18-22)40-27-17-39-42(5)34(49)30(27)37;8-4-2-1-3-7(5(4)9)6(10)11/h6-11,15,17,22,24,28,38,40H,12-14,16,18-19H2,1-5H3;1-3H2,(H,10,11)/t22-,24+,28?;/m0./s1. The van der Waals surface area contributed by atoms with Crippen molar-refractivity contribution in [2.75, 3.05) is 37.3 Å². The largest absolute Gasteiger partial charge is 0.465 e. The monoisotopic (exact) mass is 918 g/mol. The van der Waals surface area contributed by atoms with Crippen LogP contribution in [0.15, 0.2) is 57.9 Å². The first kappa shape index (κ1) is 45.3. The number of hydrogen-bond acceptors (Lipinski definition) is 14. The molecule has 4 aliphatic heterocycles. The smallest absolute Gasteiger partial charge is 0.424 e. The fourth-order valence-electron chi connectivity index (χ4n) is 7.71. The Morgan fingerprint density at radius 3 is 2.27 bits per heavy atom. The number of aromatic nitrogens is 2. The normalized spacial score (nSPS) is 20.7. The highest BCUT2D eigenvalue weighted by Gasteiger charge is 2.49. The molecule has 20 heteroatoms. The van der Waals surface area contributed by atoms with E-state index in [1.807, 2.05) is 0 Å². The number of rotatable bonds is 7.